The standard InChI is InChI=1S/C11H21F3N2O/c1-15-7-10(4-6-17-9-10)8-16(2)5-3-11(12,13)14/h15H,3-9H2,1-2H3. The van der Waals surface area contributed by atoms with Gasteiger partial charge in [0, 0.05) is 31.7 Å². The second-order valence-electron chi connectivity index (χ2n) is 4.94. The molecule has 0 saturated carbocycles. The fourth-order valence-electron chi connectivity index (χ4n) is 2.31. The Morgan fingerprint density at radius 2 is 2.12 bits per heavy atom. The molecule has 17 heavy (non-hydrogen) atoms. The van der Waals surface area contributed by atoms with Crippen molar-refractivity contribution in [2.24, 2.45) is 5.41 Å². The molecule has 102 valence electrons. The third-order valence-corrected chi connectivity index (χ3v) is 3.12. The smallest absolute Gasteiger partial charge is 0.381 e. The molecule has 0 aromatic rings. The number of alkyl halides is 3. The molecule has 1 aliphatic heterocycles. The Labute approximate surface area is 100 Å². The minimum Gasteiger partial charge on any atom is -0.381 e. The van der Waals surface area contributed by atoms with Crippen molar-refractivity contribution >= 4 is 0 Å². The van der Waals surface area contributed by atoms with Gasteiger partial charge in [-0.15, -0.1) is 0 Å². The zero-order valence-electron chi connectivity index (χ0n) is 10.4. The molecule has 0 bridgehead atoms. The van der Waals surface area contributed by atoms with Crippen molar-refractivity contribution in [3.05, 3.63) is 0 Å². The first-order chi connectivity index (χ1) is 7.87. The van der Waals surface area contributed by atoms with Gasteiger partial charge in [0.2, 0.25) is 0 Å². The van der Waals surface area contributed by atoms with Crippen LogP contribution in [0.15, 0.2) is 0 Å². The summed E-state index contributed by atoms with van der Waals surface area (Å²) in [6, 6.07) is 0. The Bertz CT molecular complexity index is 227. The molecule has 1 N–H and O–H groups in total. The van der Waals surface area contributed by atoms with E-state index in [0.717, 1.165) is 13.0 Å². The van der Waals surface area contributed by atoms with Crippen LogP contribution in [0.3, 0.4) is 0 Å². The Hall–Kier alpha value is -0.330. The van der Waals surface area contributed by atoms with E-state index >= 15 is 0 Å². The van der Waals surface area contributed by atoms with Crippen LogP contribution in [-0.2, 0) is 4.74 Å². The van der Waals surface area contributed by atoms with Gasteiger partial charge in [-0.05, 0) is 20.5 Å². The topological polar surface area (TPSA) is 24.5 Å². The third kappa shape index (κ3) is 5.23. The lowest BCUT2D eigenvalue weighted by Crippen LogP contribution is -2.43. The molecule has 1 aliphatic rings. The van der Waals surface area contributed by atoms with Crippen LogP contribution in [0.4, 0.5) is 13.2 Å². The van der Waals surface area contributed by atoms with Crippen molar-refractivity contribution < 1.29 is 17.9 Å². The molecule has 0 radical (unpaired) electrons. The first-order valence-electron chi connectivity index (χ1n) is 5.85. The fraction of sp³-hybridized carbons (Fsp3) is 1.00. The lowest BCUT2D eigenvalue weighted by atomic mass is 9.86. The summed E-state index contributed by atoms with van der Waals surface area (Å²) in [7, 11) is 3.59. The van der Waals surface area contributed by atoms with Crippen LogP contribution in [0.25, 0.3) is 0 Å². The van der Waals surface area contributed by atoms with Crippen LogP contribution in [0.2, 0.25) is 0 Å². The van der Waals surface area contributed by atoms with E-state index in [1.54, 1.807) is 11.9 Å². The van der Waals surface area contributed by atoms with Gasteiger partial charge >= 0.3 is 6.18 Å². The highest BCUT2D eigenvalue weighted by atomic mass is 19.4. The molecule has 1 rings (SSSR count). The fourth-order valence-corrected chi connectivity index (χ4v) is 2.31. The van der Waals surface area contributed by atoms with E-state index in [1.165, 1.54) is 0 Å². The van der Waals surface area contributed by atoms with Gasteiger partial charge < -0.3 is 15.0 Å². The van der Waals surface area contributed by atoms with Gasteiger partial charge in [0.05, 0.1) is 13.0 Å². The van der Waals surface area contributed by atoms with Crippen LogP contribution >= 0.6 is 0 Å². The van der Waals surface area contributed by atoms with Crippen LogP contribution < -0.4 is 5.32 Å². The highest BCUT2D eigenvalue weighted by Gasteiger charge is 2.36. The lowest BCUT2D eigenvalue weighted by molar-refractivity contribution is -0.138. The molecule has 1 heterocycles. The number of hydrogen-bond acceptors (Lipinski definition) is 3. The SMILES string of the molecule is CNCC1(CN(C)CCC(F)(F)F)CCOC1. The molecule has 1 fully saturated rings. The maximum Gasteiger partial charge on any atom is 0.390 e. The average molecular weight is 254 g/mol. The first kappa shape index (κ1) is 14.7. The summed E-state index contributed by atoms with van der Waals surface area (Å²) in [5.74, 6) is 0. The van der Waals surface area contributed by atoms with E-state index in [4.69, 9.17) is 4.74 Å². The Balaban J connectivity index is 2.39. The van der Waals surface area contributed by atoms with Crippen LogP contribution in [0.1, 0.15) is 12.8 Å². The van der Waals surface area contributed by atoms with Crippen LogP contribution in [0.5, 0.6) is 0 Å². The number of nitrogens with zero attached hydrogens (tertiary/aromatic N) is 1. The van der Waals surface area contributed by atoms with Gasteiger partial charge in [0.25, 0.3) is 0 Å². The van der Waals surface area contributed by atoms with Crippen molar-refractivity contribution in [2.75, 3.05) is 46.9 Å². The Morgan fingerprint density at radius 1 is 1.41 bits per heavy atom. The number of rotatable bonds is 6. The zero-order chi connectivity index (χ0) is 12.9. The van der Waals surface area contributed by atoms with E-state index in [9.17, 15) is 13.2 Å². The van der Waals surface area contributed by atoms with Gasteiger partial charge in [-0.2, -0.15) is 13.2 Å². The highest BCUT2D eigenvalue weighted by Crippen LogP contribution is 2.29. The molecule has 3 nitrogen and oxygen atoms in total. The molecule has 1 saturated heterocycles. The second kappa shape index (κ2) is 6.02. The van der Waals surface area contributed by atoms with Gasteiger partial charge in [-0.3, -0.25) is 0 Å². The monoisotopic (exact) mass is 254 g/mol. The summed E-state index contributed by atoms with van der Waals surface area (Å²) in [4.78, 5) is 1.75. The summed E-state index contributed by atoms with van der Waals surface area (Å²) in [6.45, 7) is 2.81. The normalized spacial score (nSPS) is 25.8. The first-order valence-corrected chi connectivity index (χ1v) is 5.85. The summed E-state index contributed by atoms with van der Waals surface area (Å²) in [5, 5.41) is 3.10. The lowest BCUT2D eigenvalue weighted by Gasteiger charge is -2.32. The van der Waals surface area contributed by atoms with Gasteiger partial charge in [0.1, 0.15) is 0 Å². The molecule has 0 amide bonds. The third-order valence-electron chi connectivity index (χ3n) is 3.12. The predicted molar refractivity (Wildman–Crippen MR) is 60.0 cm³/mol. The molecule has 0 aromatic heterocycles. The van der Waals surface area contributed by atoms with Crippen LogP contribution in [0, 0.1) is 5.41 Å². The van der Waals surface area contributed by atoms with Crippen molar-refractivity contribution in [3.63, 3.8) is 0 Å². The van der Waals surface area contributed by atoms with E-state index in [0.29, 0.717) is 19.8 Å². The predicted octanol–water partition coefficient (Wildman–Crippen LogP) is 1.50. The minimum atomic E-state index is -4.07. The van der Waals surface area contributed by atoms with Gasteiger partial charge in [-0.1, -0.05) is 0 Å². The molecule has 6 heteroatoms. The number of hydrogen-bond donors (Lipinski definition) is 1. The van der Waals surface area contributed by atoms with E-state index in [-0.39, 0.29) is 12.0 Å². The summed E-state index contributed by atoms with van der Waals surface area (Å²) in [5.41, 5.74) is -0.0326. The van der Waals surface area contributed by atoms with Crippen molar-refractivity contribution in [1.29, 1.82) is 0 Å². The molecular weight excluding hydrogens is 233 g/mol. The maximum atomic E-state index is 12.1. The van der Waals surface area contributed by atoms with Crippen molar-refractivity contribution in [3.8, 4) is 0 Å². The van der Waals surface area contributed by atoms with Gasteiger partial charge in [-0.25, -0.2) is 0 Å². The van der Waals surface area contributed by atoms with E-state index < -0.39 is 12.6 Å². The summed E-state index contributed by atoms with van der Waals surface area (Å²) in [6.07, 6.45) is -3.92. The molecule has 0 aromatic carbocycles. The quantitative estimate of drug-likeness (QED) is 0.777. The molecule has 0 spiro atoms. The molecule has 1 unspecified atom stereocenters. The Kier molecular flexibility index (Phi) is 5.22. The summed E-state index contributed by atoms with van der Waals surface area (Å²) < 4.78 is 41.7. The van der Waals surface area contributed by atoms with E-state index in [2.05, 4.69) is 5.32 Å². The van der Waals surface area contributed by atoms with E-state index in [1.807, 2.05) is 7.05 Å². The molecule has 1 atom stereocenters. The Morgan fingerprint density at radius 3 is 2.59 bits per heavy atom. The number of ether oxygens (including phenoxy) is 1. The molecular formula is C11H21F3N2O. The van der Waals surface area contributed by atoms with Gasteiger partial charge in [0.15, 0.2) is 0 Å². The van der Waals surface area contributed by atoms with Crippen molar-refractivity contribution in [2.45, 2.75) is 19.0 Å². The second-order valence-corrected chi connectivity index (χ2v) is 4.94. The molecule has 0 aliphatic carbocycles. The minimum absolute atomic E-state index is 0.0326. The largest absolute Gasteiger partial charge is 0.390 e. The number of halogens is 3. The zero-order valence-corrected chi connectivity index (χ0v) is 10.4. The highest BCUT2D eigenvalue weighted by molar-refractivity contribution is 4.87. The van der Waals surface area contributed by atoms with Crippen molar-refractivity contribution in [1.82, 2.24) is 10.2 Å². The maximum absolute atomic E-state index is 12.1. The average Bonchev–Trinajstić information content (AvgIpc) is 2.63. The van der Waals surface area contributed by atoms with Crippen LogP contribution in [-0.4, -0.2) is 58.0 Å². The summed E-state index contributed by atoms with van der Waals surface area (Å²) >= 11 is 0. The number of nitrogens with one attached hydrogen (secondary N) is 1.